The molecule has 1 N–H and O–H groups in total. The Hall–Kier alpha value is -1.03. The Morgan fingerprint density at radius 1 is 1.20 bits per heavy atom. The van der Waals surface area contributed by atoms with Crippen molar-refractivity contribution in [3.8, 4) is 0 Å². The smallest absolute Gasteiger partial charge is 0.383 e. The van der Waals surface area contributed by atoms with Gasteiger partial charge in [0.25, 0.3) is 0 Å². The van der Waals surface area contributed by atoms with Crippen molar-refractivity contribution in [3.63, 3.8) is 0 Å². The molecular formula is C11H13F3O. The van der Waals surface area contributed by atoms with E-state index in [1.165, 1.54) is 0 Å². The minimum Gasteiger partial charge on any atom is -0.383 e. The predicted molar refractivity (Wildman–Crippen MR) is 51.7 cm³/mol. The predicted octanol–water partition coefficient (Wildman–Crippen LogP) is 2.77. The highest BCUT2D eigenvalue weighted by Gasteiger charge is 2.37. The summed E-state index contributed by atoms with van der Waals surface area (Å²) in [5.74, 6) is 0. The first-order valence-electron chi connectivity index (χ1n) is 4.61. The van der Waals surface area contributed by atoms with Crippen molar-refractivity contribution in [2.75, 3.05) is 0 Å². The van der Waals surface area contributed by atoms with Crippen molar-refractivity contribution in [2.45, 2.75) is 32.5 Å². The van der Waals surface area contributed by atoms with Gasteiger partial charge < -0.3 is 5.11 Å². The molecule has 0 bridgehead atoms. The maximum absolute atomic E-state index is 12.1. The molecule has 84 valence electrons. The molecule has 0 spiro atoms. The van der Waals surface area contributed by atoms with E-state index in [0.717, 1.165) is 11.1 Å². The van der Waals surface area contributed by atoms with Crippen molar-refractivity contribution in [1.82, 2.24) is 0 Å². The molecule has 1 nitrogen and oxygen atoms in total. The second kappa shape index (κ2) is 4.23. The second-order valence-corrected chi connectivity index (χ2v) is 3.68. The minimum atomic E-state index is -4.54. The molecule has 1 rings (SSSR count). The third kappa shape index (κ3) is 3.23. The molecule has 0 aliphatic rings. The van der Waals surface area contributed by atoms with Gasteiger partial charge in [0.05, 0.1) is 0 Å². The fraction of sp³-hybridized carbons (Fsp3) is 0.455. The number of halogens is 3. The third-order valence-corrected chi connectivity index (χ3v) is 2.38. The van der Waals surface area contributed by atoms with Crippen molar-refractivity contribution < 1.29 is 18.3 Å². The Balaban J connectivity index is 2.78. The summed E-state index contributed by atoms with van der Waals surface area (Å²) in [5, 5.41) is 8.87. The second-order valence-electron chi connectivity index (χ2n) is 3.68. The molecule has 1 aromatic carbocycles. The molecule has 0 fully saturated rings. The van der Waals surface area contributed by atoms with Crippen LogP contribution in [0.1, 0.15) is 16.7 Å². The monoisotopic (exact) mass is 218 g/mol. The van der Waals surface area contributed by atoms with Crippen LogP contribution in [0.4, 0.5) is 13.2 Å². The van der Waals surface area contributed by atoms with Crippen LogP contribution in [-0.2, 0) is 6.42 Å². The number of aliphatic hydroxyl groups is 1. The van der Waals surface area contributed by atoms with E-state index in [1.807, 2.05) is 13.8 Å². The zero-order chi connectivity index (χ0) is 11.6. The summed E-state index contributed by atoms with van der Waals surface area (Å²) in [5.41, 5.74) is 2.46. The van der Waals surface area contributed by atoms with Gasteiger partial charge in [0, 0.05) is 6.42 Å². The van der Waals surface area contributed by atoms with Crippen LogP contribution in [0.3, 0.4) is 0 Å². The molecule has 1 atom stereocenters. The summed E-state index contributed by atoms with van der Waals surface area (Å²) in [4.78, 5) is 0. The lowest BCUT2D eigenvalue weighted by Crippen LogP contribution is -2.30. The first kappa shape index (κ1) is 12.0. The number of rotatable bonds is 2. The Morgan fingerprint density at radius 3 is 2.27 bits per heavy atom. The average Bonchev–Trinajstić information content (AvgIpc) is 2.10. The minimum absolute atomic E-state index is 0.384. The fourth-order valence-corrected chi connectivity index (χ4v) is 1.27. The van der Waals surface area contributed by atoms with Crippen molar-refractivity contribution in [2.24, 2.45) is 0 Å². The molecule has 0 aliphatic carbocycles. The van der Waals surface area contributed by atoms with Crippen LogP contribution in [-0.4, -0.2) is 17.4 Å². The SMILES string of the molecule is Cc1ccc(C[C@@H](O)C(F)(F)F)cc1C. The van der Waals surface area contributed by atoms with Gasteiger partial charge in [0.15, 0.2) is 6.10 Å². The number of alkyl halides is 3. The molecule has 0 saturated carbocycles. The standard InChI is InChI=1S/C11H13F3O/c1-7-3-4-9(5-8(7)2)6-10(15)11(12,13)14/h3-5,10,15H,6H2,1-2H3/t10-/m1/s1. The Labute approximate surface area is 86.5 Å². The summed E-state index contributed by atoms with van der Waals surface area (Å²) in [6.07, 6.45) is -7.21. The summed E-state index contributed by atoms with van der Waals surface area (Å²) in [6.45, 7) is 3.72. The molecule has 1 aromatic rings. The molecule has 0 radical (unpaired) electrons. The number of hydrogen-bond acceptors (Lipinski definition) is 1. The van der Waals surface area contributed by atoms with Crippen molar-refractivity contribution in [3.05, 3.63) is 34.9 Å². The Bertz CT molecular complexity index is 344. The van der Waals surface area contributed by atoms with Gasteiger partial charge in [-0.15, -0.1) is 0 Å². The van der Waals surface area contributed by atoms with E-state index >= 15 is 0 Å². The molecular weight excluding hydrogens is 205 g/mol. The number of aryl methyl sites for hydroxylation is 2. The summed E-state index contributed by atoms with van der Waals surface area (Å²) in [7, 11) is 0. The largest absolute Gasteiger partial charge is 0.414 e. The van der Waals surface area contributed by atoms with Gasteiger partial charge >= 0.3 is 6.18 Å². The van der Waals surface area contributed by atoms with Crippen LogP contribution >= 0.6 is 0 Å². The third-order valence-electron chi connectivity index (χ3n) is 2.38. The van der Waals surface area contributed by atoms with Gasteiger partial charge in [0.1, 0.15) is 0 Å². The first-order chi connectivity index (χ1) is 6.80. The van der Waals surface area contributed by atoms with E-state index in [2.05, 4.69) is 0 Å². The van der Waals surface area contributed by atoms with E-state index in [9.17, 15) is 13.2 Å². The molecule has 15 heavy (non-hydrogen) atoms. The van der Waals surface area contributed by atoms with Crippen LogP contribution in [0.5, 0.6) is 0 Å². The van der Waals surface area contributed by atoms with Gasteiger partial charge in [-0.05, 0) is 30.5 Å². The maximum Gasteiger partial charge on any atom is 0.414 e. The maximum atomic E-state index is 12.1. The van der Waals surface area contributed by atoms with Crippen molar-refractivity contribution >= 4 is 0 Å². The number of aliphatic hydroxyl groups excluding tert-OH is 1. The van der Waals surface area contributed by atoms with Crippen LogP contribution in [0.2, 0.25) is 0 Å². The van der Waals surface area contributed by atoms with E-state index in [1.54, 1.807) is 18.2 Å². The molecule has 0 heterocycles. The van der Waals surface area contributed by atoms with Gasteiger partial charge in [-0.2, -0.15) is 13.2 Å². The lowest BCUT2D eigenvalue weighted by Gasteiger charge is -2.14. The van der Waals surface area contributed by atoms with E-state index in [-0.39, 0.29) is 6.42 Å². The lowest BCUT2D eigenvalue weighted by atomic mass is 10.0. The zero-order valence-corrected chi connectivity index (χ0v) is 8.60. The highest BCUT2D eigenvalue weighted by molar-refractivity contribution is 5.30. The van der Waals surface area contributed by atoms with Crippen LogP contribution in [0, 0.1) is 13.8 Å². The van der Waals surface area contributed by atoms with Crippen LogP contribution in [0.25, 0.3) is 0 Å². The molecule has 0 amide bonds. The van der Waals surface area contributed by atoms with Crippen LogP contribution in [0.15, 0.2) is 18.2 Å². The van der Waals surface area contributed by atoms with Gasteiger partial charge in [-0.1, -0.05) is 18.2 Å². The van der Waals surface area contributed by atoms with E-state index in [4.69, 9.17) is 5.11 Å². The van der Waals surface area contributed by atoms with E-state index in [0.29, 0.717) is 5.56 Å². The van der Waals surface area contributed by atoms with Gasteiger partial charge in [-0.25, -0.2) is 0 Å². The molecule has 4 heteroatoms. The number of hydrogen-bond donors (Lipinski definition) is 1. The Morgan fingerprint density at radius 2 is 1.80 bits per heavy atom. The highest BCUT2D eigenvalue weighted by Crippen LogP contribution is 2.23. The summed E-state index contributed by atoms with van der Waals surface area (Å²) >= 11 is 0. The Kier molecular flexibility index (Phi) is 3.39. The average molecular weight is 218 g/mol. The fourth-order valence-electron chi connectivity index (χ4n) is 1.27. The number of benzene rings is 1. The quantitative estimate of drug-likeness (QED) is 0.809. The van der Waals surface area contributed by atoms with Gasteiger partial charge in [-0.3, -0.25) is 0 Å². The normalized spacial score (nSPS) is 14.0. The highest BCUT2D eigenvalue weighted by atomic mass is 19.4. The van der Waals surface area contributed by atoms with Gasteiger partial charge in [0.2, 0.25) is 0 Å². The van der Waals surface area contributed by atoms with Crippen molar-refractivity contribution in [1.29, 1.82) is 0 Å². The first-order valence-corrected chi connectivity index (χ1v) is 4.61. The zero-order valence-electron chi connectivity index (χ0n) is 8.60. The molecule has 0 unspecified atom stereocenters. The molecule has 0 saturated heterocycles. The summed E-state index contributed by atoms with van der Waals surface area (Å²) < 4.78 is 36.2. The molecule has 0 aromatic heterocycles. The lowest BCUT2D eigenvalue weighted by molar-refractivity contribution is -0.203. The van der Waals surface area contributed by atoms with Crippen LogP contribution < -0.4 is 0 Å². The summed E-state index contributed by atoms with van der Waals surface area (Å²) in [6, 6.07) is 5.04. The molecule has 0 aliphatic heterocycles. The van der Waals surface area contributed by atoms with E-state index < -0.39 is 12.3 Å². The topological polar surface area (TPSA) is 20.2 Å².